The number of hydrogen-bond acceptors (Lipinski definition) is 0. The van der Waals surface area contributed by atoms with Crippen LogP contribution in [0.4, 0.5) is 0 Å². The third-order valence-corrected chi connectivity index (χ3v) is 5.03. The van der Waals surface area contributed by atoms with E-state index in [-0.39, 0.29) is 0 Å². The summed E-state index contributed by atoms with van der Waals surface area (Å²) < 4.78 is 0. The molecule has 0 atom stereocenters. The lowest BCUT2D eigenvalue weighted by molar-refractivity contribution is 0.676. The fourth-order valence-corrected chi connectivity index (χ4v) is 4.43. The van der Waals surface area contributed by atoms with Gasteiger partial charge in [0.25, 0.3) is 0 Å². The summed E-state index contributed by atoms with van der Waals surface area (Å²) >= 11 is 7.28. The minimum atomic E-state index is 0.980. The smallest absolute Gasteiger partial charge is 0.0288 e. The molecule has 0 nitrogen and oxygen atoms in total. The average Bonchev–Trinajstić information content (AvgIpc) is 2.33. The number of rotatable bonds is 2. The van der Waals surface area contributed by atoms with Crippen LogP contribution in [0.25, 0.3) is 0 Å². The minimum absolute atomic E-state index is 0.980. The van der Waals surface area contributed by atoms with Crippen molar-refractivity contribution < 1.29 is 0 Å². The molecule has 0 aromatic heterocycles. The van der Waals surface area contributed by atoms with E-state index in [4.69, 9.17) is 0 Å². The second-order valence-electron chi connectivity index (χ2n) is 4.64. The van der Waals surface area contributed by atoms with Crippen molar-refractivity contribution in [2.45, 2.75) is 50.2 Å². The first-order valence-corrected chi connectivity index (χ1v) is 8.19. The molecule has 0 fully saturated rings. The summed E-state index contributed by atoms with van der Waals surface area (Å²) in [5.41, 5.74) is 9.37. The summed E-state index contributed by atoms with van der Waals surface area (Å²) in [6, 6.07) is 0. The highest BCUT2D eigenvalue weighted by molar-refractivity contribution is 9.09. The Labute approximate surface area is 115 Å². The van der Waals surface area contributed by atoms with Gasteiger partial charge in [0.2, 0.25) is 0 Å². The second-order valence-corrected chi connectivity index (χ2v) is 5.76. The third kappa shape index (κ3) is 1.99. The lowest BCUT2D eigenvalue weighted by atomic mass is 9.81. The standard InChI is InChI=1S/C14H18Br2/c1-9-11-5-3-4-6-12(11)10(2)14(8-16)13(9)7-15/h3-8H2,1-2H3. The van der Waals surface area contributed by atoms with Crippen LogP contribution in [0, 0.1) is 13.8 Å². The predicted octanol–water partition coefficient (Wildman–Crippen LogP) is 4.97. The number of alkyl halides is 2. The van der Waals surface area contributed by atoms with Crippen LogP contribution in [0.5, 0.6) is 0 Å². The lowest BCUT2D eigenvalue weighted by Gasteiger charge is -2.25. The van der Waals surface area contributed by atoms with Gasteiger partial charge in [0.15, 0.2) is 0 Å². The molecular formula is C14H18Br2. The molecule has 16 heavy (non-hydrogen) atoms. The van der Waals surface area contributed by atoms with Gasteiger partial charge in [-0.3, -0.25) is 0 Å². The Kier molecular flexibility index (Phi) is 4.12. The molecule has 0 radical (unpaired) electrons. The minimum Gasteiger partial charge on any atom is -0.0876 e. The summed E-state index contributed by atoms with van der Waals surface area (Å²) in [7, 11) is 0. The zero-order chi connectivity index (χ0) is 11.7. The van der Waals surface area contributed by atoms with Crippen LogP contribution in [0.3, 0.4) is 0 Å². The molecule has 2 rings (SSSR count). The number of benzene rings is 1. The van der Waals surface area contributed by atoms with E-state index < -0.39 is 0 Å². The first-order valence-electron chi connectivity index (χ1n) is 5.95. The van der Waals surface area contributed by atoms with Crippen molar-refractivity contribution in [3.05, 3.63) is 33.4 Å². The van der Waals surface area contributed by atoms with Crippen molar-refractivity contribution in [3.8, 4) is 0 Å². The fourth-order valence-electron chi connectivity index (χ4n) is 2.91. The maximum Gasteiger partial charge on any atom is 0.0288 e. The summed E-state index contributed by atoms with van der Waals surface area (Å²) in [5, 5.41) is 1.96. The first kappa shape index (κ1) is 12.6. The molecule has 0 bridgehead atoms. The average molecular weight is 346 g/mol. The van der Waals surface area contributed by atoms with E-state index in [0.717, 1.165) is 10.7 Å². The molecule has 1 aliphatic rings. The molecule has 0 unspecified atom stereocenters. The Hall–Kier alpha value is 0.180. The number of halogens is 2. The largest absolute Gasteiger partial charge is 0.0876 e. The van der Waals surface area contributed by atoms with Gasteiger partial charge in [0, 0.05) is 10.7 Å². The van der Waals surface area contributed by atoms with Gasteiger partial charge in [-0.1, -0.05) is 31.9 Å². The summed E-state index contributed by atoms with van der Waals surface area (Å²) in [6.07, 6.45) is 5.29. The molecule has 2 heteroatoms. The van der Waals surface area contributed by atoms with Crippen molar-refractivity contribution in [1.29, 1.82) is 0 Å². The third-order valence-electron chi connectivity index (χ3n) is 3.91. The zero-order valence-electron chi connectivity index (χ0n) is 10.00. The quantitative estimate of drug-likeness (QED) is 0.663. The Balaban J connectivity index is 2.69. The molecular weight excluding hydrogens is 328 g/mol. The summed E-state index contributed by atoms with van der Waals surface area (Å²) in [5.74, 6) is 0. The highest BCUT2D eigenvalue weighted by Gasteiger charge is 2.19. The highest BCUT2D eigenvalue weighted by Crippen LogP contribution is 2.34. The maximum atomic E-state index is 3.64. The van der Waals surface area contributed by atoms with Gasteiger partial charge in [-0.05, 0) is 72.9 Å². The van der Waals surface area contributed by atoms with E-state index in [1.807, 2.05) is 0 Å². The molecule has 0 amide bonds. The van der Waals surface area contributed by atoms with E-state index in [2.05, 4.69) is 45.7 Å². The van der Waals surface area contributed by atoms with Crippen LogP contribution in [-0.4, -0.2) is 0 Å². The van der Waals surface area contributed by atoms with E-state index in [0.29, 0.717) is 0 Å². The number of hydrogen-bond donors (Lipinski definition) is 0. The van der Waals surface area contributed by atoms with Gasteiger partial charge in [-0.25, -0.2) is 0 Å². The molecule has 0 spiro atoms. The highest BCUT2D eigenvalue weighted by atomic mass is 79.9. The zero-order valence-corrected chi connectivity index (χ0v) is 13.2. The Morgan fingerprint density at radius 3 is 1.50 bits per heavy atom. The molecule has 0 aliphatic heterocycles. The topological polar surface area (TPSA) is 0 Å². The molecule has 0 saturated carbocycles. The Morgan fingerprint density at radius 2 is 1.19 bits per heavy atom. The summed E-state index contributed by atoms with van der Waals surface area (Å²) in [6.45, 7) is 4.60. The van der Waals surface area contributed by atoms with Crippen LogP contribution in [0.2, 0.25) is 0 Å². The fraction of sp³-hybridized carbons (Fsp3) is 0.571. The monoisotopic (exact) mass is 344 g/mol. The molecule has 1 aromatic rings. The van der Waals surface area contributed by atoms with E-state index in [1.165, 1.54) is 47.9 Å². The van der Waals surface area contributed by atoms with Crippen LogP contribution >= 0.6 is 31.9 Å². The molecule has 88 valence electrons. The van der Waals surface area contributed by atoms with Crippen LogP contribution in [-0.2, 0) is 23.5 Å². The normalized spacial score (nSPS) is 15.0. The van der Waals surface area contributed by atoms with Gasteiger partial charge in [-0.2, -0.15) is 0 Å². The summed E-state index contributed by atoms with van der Waals surface area (Å²) in [4.78, 5) is 0. The van der Waals surface area contributed by atoms with Crippen molar-refractivity contribution in [2.24, 2.45) is 0 Å². The Morgan fingerprint density at radius 1 is 0.812 bits per heavy atom. The van der Waals surface area contributed by atoms with Crippen molar-refractivity contribution in [2.75, 3.05) is 0 Å². The molecule has 1 aromatic carbocycles. The van der Waals surface area contributed by atoms with E-state index in [1.54, 1.807) is 11.1 Å². The van der Waals surface area contributed by atoms with E-state index >= 15 is 0 Å². The van der Waals surface area contributed by atoms with Crippen LogP contribution < -0.4 is 0 Å². The second kappa shape index (κ2) is 5.22. The number of fused-ring (bicyclic) bond motifs is 1. The molecule has 0 N–H and O–H groups in total. The first-order chi connectivity index (χ1) is 7.70. The van der Waals surface area contributed by atoms with Crippen molar-refractivity contribution in [3.63, 3.8) is 0 Å². The van der Waals surface area contributed by atoms with Gasteiger partial charge in [0.05, 0.1) is 0 Å². The van der Waals surface area contributed by atoms with Crippen molar-refractivity contribution >= 4 is 31.9 Å². The Bertz CT molecular complexity index is 352. The van der Waals surface area contributed by atoms with Gasteiger partial charge in [-0.15, -0.1) is 0 Å². The van der Waals surface area contributed by atoms with Gasteiger partial charge < -0.3 is 0 Å². The van der Waals surface area contributed by atoms with Gasteiger partial charge >= 0.3 is 0 Å². The van der Waals surface area contributed by atoms with Crippen LogP contribution in [0.15, 0.2) is 0 Å². The van der Waals surface area contributed by atoms with Crippen LogP contribution in [0.1, 0.15) is 46.2 Å². The SMILES string of the molecule is Cc1c(CBr)c(CBr)c(C)c2c1CCCC2. The predicted molar refractivity (Wildman–Crippen MR) is 77.8 cm³/mol. The van der Waals surface area contributed by atoms with Crippen molar-refractivity contribution in [1.82, 2.24) is 0 Å². The van der Waals surface area contributed by atoms with E-state index in [9.17, 15) is 0 Å². The molecule has 1 aliphatic carbocycles. The maximum absolute atomic E-state index is 3.64. The molecule has 0 heterocycles. The molecule has 0 saturated heterocycles. The van der Waals surface area contributed by atoms with Gasteiger partial charge in [0.1, 0.15) is 0 Å². The lowest BCUT2D eigenvalue weighted by Crippen LogP contribution is -2.12.